The van der Waals surface area contributed by atoms with Gasteiger partial charge in [0.25, 0.3) is 5.91 Å². The summed E-state index contributed by atoms with van der Waals surface area (Å²) in [5, 5.41) is 12.4. The van der Waals surface area contributed by atoms with Crippen molar-refractivity contribution in [2.24, 2.45) is 0 Å². The van der Waals surface area contributed by atoms with E-state index in [1.54, 1.807) is 36.4 Å². The molecular weight excluding hydrogens is 509 g/mol. The molecule has 0 radical (unpaired) electrons. The molecule has 3 aromatic carbocycles. The highest BCUT2D eigenvalue weighted by Gasteiger charge is 2.24. The van der Waals surface area contributed by atoms with E-state index in [0.717, 1.165) is 5.56 Å². The molecule has 1 atom stereocenters. The number of fused-ring (bicyclic) bond motifs is 2. The molecule has 0 fully saturated rings. The fraction of sp³-hybridized carbons (Fsp3) is 0.241. The lowest BCUT2D eigenvalue weighted by molar-refractivity contribution is -0.137. The second-order valence-electron chi connectivity index (χ2n) is 9.01. The molecule has 1 amide bonds. The average Bonchev–Trinajstić information content (AvgIpc) is 2.90. The molecule has 2 N–H and O–H groups in total. The van der Waals surface area contributed by atoms with Crippen molar-refractivity contribution in [2.75, 3.05) is 6.61 Å². The Bertz CT molecular complexity index is 1510. The largest absolute Gasteiger partial charge is 0.493 e. The van der Waals surface area contributed by atoms with Crippen LogP contribution in [-0.4, -0.2) is 33.6 Å². The summed E-state index contributed by atoms with van der Waals surface area (Å²) in [7, 11) is 0. The normalized spacial score (nSPS) is 14.3. The number of hydrogen-bond acceptors (Lipinski definition) is 5. The number of rotatable bonds is 8. The Kier molecular flexibility index (Phi) is 7.38. The molecule has 0 saturated heterocycles. The predicted octanol–water partition coefficient (Wildman–Crippen LogP) is 5.74. The first-order chi connectivity index (χ1) is 18.4. The average molecular weight is 532 g/mol. The van der Waals surface area contributed by atoms with Crippen LogP contribution in [0.1, 0.15) is 53.3 Å². The monoisotopic (exact) mass is 531 g/mol. The SMILES string of the molecule is O=C(O)CCCCc1nc2cc(C(=O)NC3CCOc4cc(F)ccc43)ccc2nc1-c1c#cc(Cl)cc1. The van der Waals surface area contributed by atoms with Crippen LogP contribution in [0.25, 0.3) is 22.3 Å². The Labute approximate surface area is 223 Å². The summed E-state index contributed by atoms with van der Waals surface area (Å²) >= 11 is 5.98. The Balaban J connectivity index is 1.43. The zero-order chi connectivity index (χ0) is 26.6. The van der Waals surface area contributed by atoms with Crippen molar-refractivity contribution >= 4 is 34.5 Å². The molecule has 5 rings (SSSR count). The molecule has 1 aliphatic heterocycles. The number of aromatic nitrogens is 2. The van der Waals surface area contributed by atoms with Gasteiger partial charge in [-0.3, -0.25) is 9.59 Å². The number of nitrogens with zero attached hydrogens (tertiary/aromatic N) is 2. The van der Waals surface area contributed by atoms with Gasteiger partial charge < -0.3 is 15.2 Å². The van der Waals surface area contributed by atoms with E-state index in [0.29, 0.717) is 76.6 Å². The van der Waals surface area contributed by atoms with Gasteiger partial charge in [0.15, 0.2) is 0 Å². The minimum Gasteiger partial charge on any atom is -0.493 e. The molecule has 2 heterocycles. The number of ether oxygens (including phenoxy) is 1. The third-order valence-corrected chi connectivity index (χ3v) is 6.56. The molecule has 7 nitrogen and oxygen atoms in total. The maximum absolute atomic E-state index is 13.6. The first kappa shape index (κ1) is 25.4. The lowest BCUT2D eigenvalue weighted by atomic mass is 10.00. The van der Waals surface area contributed by atoms with Gasteiger partial charge in [0.1, 0.15) is 17.3 Å². The quantitative estimate of drug-likeness (QED) is 0.281. The van der Waals surface area contributed by atoms with E-state index in [4.69, 9.17) is 31.4 Å². The zero-order valence-electron chi connectivity index (χ0n) is 20.3. The first-order valence-electron chi connectivity index (χ1n) is 12.2. The maximum atomic E-state index is 13.6. The van der Waals surface area contributed by atoms with E-state index in [-0.39, 0.29) is 18.4 Å². The van der Waals surface area contributed by atoms with Gasteiger partial charge in [-0.2, -0.15) is 0 Å². The highest BCUT2D eigenvalue weighted by atomic mass is 35.5. The number of aryl methyl sites for hydroxylation is 1. The molecule has 192 valence electrons. The van der Waals surface area contributed by atoms with Crippen LogP contribution in [0.4, 0.5) is 4.39 Å². The van der Waals surface area contributed by atoms with Crippen LogP contribution in [0.3, 0.4) is 0 Å². The van der Waals surface area contributed by atoms with E-state index < -0.39 is 11.8 Å². The number of amides is 1. The highest BCUT2D eigenvalue weighted by Crippen LogP contribution is 2.33. The standard InChI is InChI=1S/C29H23ClFN3O4/c30-19-8-5-17(6-9-19)28-24(3-1-2-4-27(35)36)32-25-15-18(7-12-23(25)33-28)29(37)34-22-13-14-38-26-16-20(31)10-11-21(22)26/h5,7-8,10-12,15-16,22H,1-4,13-14H2,(H,34,37)(H,35,36). The number of halogens is 2. The van der Waals surface area contributed by atoms with Crippen molar-refractivity contribution < 1.29 is 23.8 Å². The minimum atomic E-state index is -0.844. The third kappa shape index (κ3) is 5.68. The van der Waals surface area contributed by atoms with E-state index >= 15 is 0 Å². The van der Waals surface area contributed by atoms with Crippen molar-refractivity contribution in [1.82, 2.24) is 15.3 Å². The Morgan fingerprint density at radius 1 is 1.08 bits per heavy atom. The van der Waals surface area contributed by atoms with Crippen LogP contribution in [0.15, 0.2) is 48.5 Å². The summed E-state index contributed by atoms with van der Waals surface area (Å²) in [6, 6.07) is 18.4. The summed E-state index contributed by atoms with van der Waals surface area (Å²) in [4.78, 5) is 33.7. The van der Waals surface area contributed by atoms with Gasteiger partial charge in [-0.15, -0.1) is 0 Å². The molecular formula is C29H23ClFN3O4. The number of carboxylic acids is 1. The predicted molar refractivity (Wildman–Crippen MR) is 140 cm³/mol. The van der Waals surface area contributed by atoms with Crippen LogP contribution in [0.5, 0.6) is 5.75 Å². The minimum absolute atomic E-state index is 0.0729. The molecule has 4 aromatic rings. The lowest BCUT2D eigenvalue weighted by Gasteiger charge is -2.26. The van der Waals surface area contributed by atoms with Crippen LogP contribution >= 0.6 is 11.6 Å². The Hall–Kier alpha value is -4.22. The molecule has 38 heavy (non-hydrogen) atoms. The number of benzene rings is 2. The molecule has 1 unspecified atom stereocenters. The topological polar surface area (TPSA) is 101 Å². The number of aliphatic carboxylic acids is 1. The summed E-state index contributed by atoms with van der Waals surface area (Å²) in [5.74, 6) is -1.09. The molecule has 0 spiro atoms. The maximum Gasteiger partial charge on any atom is 0.303 e. The highest BCUT2D eigenvalue weighted by molar-refractivity contribution is 6.30. The van der Waals surface area contributed by atoms with Gasteiger partial charge in [0, 0.05) is 30.0 Å². The lowest BCUT2D eigenvalue weighted by Crippen LogP contribution is -2.32. The van der Waals surface area contributed by atoms with Gasteiger partial charge in [0.05, 0.1) is 40.0 Å². The Morgan fingerprint density at radius 2 is 1.95 bits per heavy atom. The fourth-order valence-electron chi connectivity index (χ4n) is 4.45. The summed E-state index contributed by atoms with van der Waals surface area (Å²) in [6.07, 6.45) is 2.26. The van der Waals surface area contributed by atoms with Crippen LogP contribution in [-0.2, 0) is 11.2 Å². The fourth-order valence-corrected chi connectivity index (χ4v) is 4.56. The Morgan fingerprint density at radius 3 is 2.74 bits per heavy atom. The third-order valence-electron chi connectivity index (χ3n) is 6.34. The summed E-state index contributed by atoms with van der Waals surface area (Å²) in [5.41, 5.74) is 4.25. The van der Waals surface area contributed by atoms with Crippen molar-refractivity contribution in [1.29, 1.82) is 0 Å². The van der Waals surface area contributed by atoms with Gasteiger partial charge in [-0.05, 0) is 61.7 Å². The van der Waals surface area contributed by atoms with Crippen LogP contribution < -0.4 is 10.1 Å². The van der Waals surface area contributed by atoms with E-state index in [2.05, 4.69) is 17.4 Å². The molecule has 0 aliphatic carbocycles. The number of hydrogen-bond donors (Lipinski definition) is 2. The van der Waals surface area contributed by atoms with Gasteiger partial charge in [0.2, 0.25) is 0 Å². The van der Waals surface area contributed by atoms with Crippen molar-refractivity contribution in [3.63, 3.8) is 0 Å². The number of nitrogens with one attached hydrogen (secondary N) is 1. The van der Waals surface area contributed by atoms with Crippen molar-refractivity contribution in [3.8, 4) is 17.0 Å². The smallest absolute Gasteiger partial charge is 0.303 e. The van der Waals surface area contributed by atoms with Crippen molar-refractivity contribution in [2.45, 2.75) is 38.1 Å². The zero-order valence-corrected chi connectivity index (χ0v) is 21.0. The van der Waals surface area contributed by atoms with Gasteiger partial charge >= 0.3 is 5.97 Å². The molecule has 0 bridgehead atoms. The van der Waals surface area contributed by atoms with E-state index in [1.807, 2.05) is 0 Å². The van der Waals surface area contributed by atoms with Gasteiger partial charge in [-0.25, -0.2) is 14.4 Å². The van der Waals surface area contributed by atoms with Crippen molar-refractivity contribution in [3.05, 3.63) is 88.3 Å². The first-order valence-corrected chi connectivity index (χ1v) is 12.6. The number of unbranched alkanes of at least 4 members (excludes halogenated alkanes) is 1. The second kappa shape index (κ2) is 11.0. The summed E-state index contributed by atoms with van der Waals surface area (Å²) < 4.78 is 19.1. The van der Waals surface area contributed by atoms with Crippen LogP contribution in [0, 0.1) is 17.9 Å². The van der Waals surface area contributed by atoms with Gasteiger partial charge in [-0.1, -0.05) is 23.7 Å². The number of carbonyl (C=O) groups excluding carboxylic acids is 1. The van der Waals surface area contributed by atoms with E-state index in [1.165, 1.54) is 12.1 Å². The second-order valence-corrected chi connectivity index (χ2v) is 9.42. The molecule has 9 heteroatoms. The number of carbonyl (C=O) groups is 2. The number of carboxylic acid groups (broad SMARTS) is 1. The molecule has 1 aromatic heterocycles. The molecule has 0 saturated carbocycles. The van der Waals surface area contributed by atoms with Crippen LogP contribution in [0.2, 0.25) is 5.02 Å². The summed E-state index contributed by atoms with van der Waals surface area (Å²) in [6.45, 7) is 0.373. The molecule has 1 aliphatic rings. The van der Waals surface area contributed by atoms with E-state index in [9.17, 15) is 14.0 Å².